The van der Waals surface area contributed by atoms with E-state index in [1.54, 1.807) is 0 Å². The van der Waals surface area contributed by atoms with Gasteiger partial charge in [-0.15, -0.1) is 11.6 Å². The Morgan fingerprint density at radius 1 is 0.941 bits per heavy atom. The van der Waals surface area contributed by atoms with Gasteiger partial charge in [-0.05, 0) is 24.3 Å². The van der Waals surface area contributed by atoms with Crippen molar-refractivity contribution in [1.82, 2.24) is 0 Å². The van der Waals surface area contributed by atoms with Crippen LogP contribution in [0, 0.1) is 11.8 Å². The molecule has 0 bridgehead atoms. The lowest BCUT2D eigenvalue weighted by Crippen LogP contribution is -1.92. The minimum Gasteiger partial charge on any atom is -0.355 e. The Hall–Kier alpha value is -1.91. The topological polar surface area (TPSA) is 12.0 Å². The highest BCUT2D eigenvalue weighted by Gasteiger charge is 1.98. The maximum atomic E-state index is 5.57. The molecule has 84 valence electrons. The average Bonchev–Trinajstić information content (AvgIpc) is 2.39. The van der Waals surface area contributed by atoms with Gasteiger partial charge in [-0.2, -0.15) is 0 Å². The highest BCUT2D eigenvalue weighted by Crippen LogP contribution is 2.19. The van der Waals surface area contributed by atoms with Crippen LogP contribution in [0.25, 0.3) is 0 Å². The molecule has 0 amide bonds. The predicted octanol–water partition coefficient (Wildman–Crippen LogP) is 4.02. The van der Waals surface area contributed by atoms with Gasteiger partial charge >= 0.3 is 0 Å². The molecule has 0 spiro atoms. The fourth-order valence-corrected chi connectivity index (χ4v) is 1.57. The van der Waals surface area contributed by atoms with E-state index in [0.29, 0.717) is 5.88 Å². The molecule has 0 radical (unpaired) electrons. The van der Waals surface area contributed by atoms with E-state index in [1.165, 1.54) is 0 Å². The molecule has 2 rings (SSSR count). The van der Waals surface area contributed by atoms with Crippen LogP contribution in [0.4, 0.5) is 11.4 Å². The van der Waals surface area contributed by atoms with Crippen LogP contribution in [0.3, 0.4) is 0 Å². The Morgan fingerprint density at radius 3 is 2.41 bits per heavy atom. The number of nitrogens with one attached hydrogen (secondary N) is 1. The van der Waals surface area contributed by atoms with E-state index < -0.39 is 0 Å². The van der Waals surface area contributed by atoms with Crippen molar-refractivity contribution in [3.8, 4) is 11.8 Å². The zero-order chi connectivity index (χ0) is 11.9. The molecule has 0 atom stereocenters. The molecular weight excluding hydrogens is 230 g/mol. The second-order valence-corrected chi connectivity index (χ2v) is 3.74. The smallest absolute Gasteiger partial charge is 0.0839 e. The molecule has 2 heteroatoms. The van der Waals surface area contributed by atoms with Gasteiger partial charge in [0.1, 0.15) is 0 Å². The molecule has 0 saturated heterocycles. The van der Waals surface area contributed by atoms with Crippen LogP contribution in [-0.2, 0) is 0 Å². The molecule has 0 fully saturated rings. The Balaban J connectivity index is 2.27. The van der Waals surface area contributed by atoms with Gasteiger partial charge in [0.2, 0.25) is 0 Å². The summed E-state index contributed by atoms with van der Waals surface area (Å²) in [4.78, 5) is 0. The summed E-state index contributed by atoms with van der Waals surface area (Å²) in [5.41, 5.74) is 3.00. The molecular formula is C15H12ClN. The fraction of sp³-hybridized carbons (Fsp3) is 0.0667. The van der Waals surface area contributed by atoms with Gasteiger partial charge in [-0.1, -0.05) is 42.2 Å². The van der Waals surface area contributed by atoms with Crippen LogP contribution in [0.15, 0.2) is 54.6 Å². The zero-order valence-corrected chi connectivity index (χ0v) is 10.0. The lowest BCUT2D eigenvalue weighted by atomic mass is 10.1. The zero-order valence-electron chi connectivity index (χ0n) is 9.28. The van der Waals surface area contributed by atoms with E-state index in [9.17, 15) is 0 Å². The van der Waals surface area contributed by atoms with Gasteiger partial charge in [-0.3, -0.25) is 0 Å². The molecule has 0 saturated carbocycles. The number of rotatable bonds is 2. The van der Waals surface area contributed by atoms with Crippen molar-refractivity contribution in [2.75, 3.05) is 11.2 Å². The first-order valence-electron chi connectivity index (χ1n) is 5.36. The lowest BCUT2D eigenvalue weighted by Gasteiger charge is -2.08. The van der Waals surface area contributed by atoms with Gasteiger partial charge in [0.05, 0.1) is 11.6 Å². The number of benzene rings is 2. The first kappa shape index (κ1) is 11.6. The molecule has 0 heterocycles. The third-order valence-corrected chi connectivity index (χ3v) is 2.40. The maximum Gasteiger partial charge on any atom is 0.0839 e. The van der Waals surface area contributed by atoms with Crippen molar-refractivity contribution in [3.63, 3.8) is 0 Å². The SMILES string of the molecule is ClCC#Cc1ccccc1Nc1ccccc1. The molecule has 0 unspecified atom stereocenters. The third-order valence-electron chi connectivity index (χ3n) is 2.27. The Kier molecular flexibility index (Phi) is 4.07. The second kappa shape index (κ2) is 5.98. The number of para-hydroxylation sites is 2. The fourth-order valence-electron chi connectivity index (χ4n) is 1.51. The molecule has 1 N–H and O–H groups in total. The van der Waals surface area contributed by atoms with Gasteiger partial charge in [-0.25, -0.2) is 0 Å². The summed E-state index contributed by atoms with van der Waals surface area (Å²) < 4.78 is 0. The monoisotopic (exact) mass is 241 g/mol. The number of hydrogen-bond donors (Lipinski definition) is 1. The number of halogens is 1. The summed E-state index contributed by atoms with van der Waals surface area (Å²) in [6, 6.07) is 18.0. The molecule has 0 aliphatic carbocycles. The van der Waals surface area contributed by atoms with E-state index in [-0.39, 0.29) is 0 Å². The van der Waals surface area contributed by atoms with Crippen molar-refractivity contribution in [3.05, 3.63) is 60.2 Å². The average molecular weight is 242 g/mol. The highest BCUT2D eigenvalue weighted by atomic mass is 35.5. The Labute approximate surface area is 106 Å². The lowest BCUT2D eigenvalue weighted by molar-refractivity contribution is 1.52. The van der Waals surface area contributed by atoms with Crippen LogP contribution in [0.1, 0.15) is 5.56 Å². The van der Waals surface area contributed by atoms with E-state index in [0.717, 1.165) is 16.9 Å². The molecule has 0 aliphatic heterocycles. The summed E-state index contributed by atoms with van der Waals surface area (Å²) in [6.45, 7) is 0. The van der Waals surface area contributed by atoms with Crippen LogP contribution < -0.4 is 5.32 Å². The summed E-state index contributed by atoms with van der Waals surface area (Å²) in [7, 11) is 0. The Morgan fingerprint density at radius 2 is 1.65 bits per heavy atom. The molecule has 17 heavy (non-hydrogen) atoms. The van der Waals surface area contributed by atoms with Crippen LogP contribution >= 0.6 is 11.6 Å². The molecule has 2 aromatic rings. The quantitative estimate of drug-likeness (QED) is 0.619. The summed E-state index contributed by atoms with van der Waals surface area (Å²) >= 11 is 5.57. The summed E-state index contributed by atoms with van der Waals surface area (Å²) in [5.74, 6) is 6.25. The van der Waals surface area contributed by atoms with Crippen molar-refractivity contribution in [1.29, 1.82) is 0 Å². The second-order valence-electron chi connectivity index (χ2n) is 3.47. The van der Waals surface area contributed by atoms with Crippen LogP contribution in [0.5, 0.6) is 0 Å². The number of hydrogen-bond acceptors (Lipinski definition) is 1. The first-order chi connectivity index (χ1) is 8.40. The van der Waals surface area contributed by atoms with Gasteiger partial charge < -0.3 is 5.32 Å². The number of alkyl halides is 1. The standard InChI is InChI=1S/C15H12ClN/c16-12-6-8-13-7-4-5-11-15(13)17-14-9-2-1-3-10-14/h1-5,7,9-11,17H,12H2. The minimum absolute atomic E-state index is 0.347. The van der Waals surface area contributed by atoms with Crippen LogP contribution in [-0.4, -0.2) is 5.88 Å². The van der Waals surface area contributed by atoms with E-state index in [4.69, 9.17) is 11.6 Å². The normalized spacial score (nSPS) is 9.24. The van der Waals surface area contributed by atoms with Crippen molar-refractivity contribution in [2.24, 2.45) is 0 Å². The van der Waals surface area contributed by atoms with Gasteiger partial charge in [0.25, 0.3) is 0 Å². The largest absolute Gasteiger partial charge is 0.355 e. The molecule has 1 nitrogen and oxygen atoms in total. The summed E-state index contributed by atoms with van der Waals surface area (Å²) in [6.07, 6.45) is 0. The maximum absolute atomic E-state index is 5.57. The highest BCUT2D eigenvalue weighted by molar-refractivity contribution is 6.19. The van der Waals surface area contributed by atoms with E-state index in [1.807, 2.05) is 54.6 Å². The first-order valence-corrected chi connectivity index (χ1v) is 5.89. The third kappa shape index (κ3) is 3.27. The van der Waals surface area contributed by atoms with Crippen molar-refractivity contribution in [2.45, 2.75) is 0 Å². The molecule has 0 aliphatic rings. The van der Waals surface area contributed by atoms with Crippen LogP contribution in [0.2, 0.25) is 0 Å². The molecule has 2 aromatic carbocycles. The van der Waals surface area contributed by atoms with Gasteiger partial charge in [0.15, 0.2) is 0 Å². The van der Waals surface area contributed by atoms with E-state index >= 15 is 0 Å². The van der Waals surface area contributed by atoms with Crippen molar-refractivity contribution < 1.29 is 0 Å². The Bertz CT molecular complexity index is 538. The summed E-state index contributed by atoms with van der Waals surface area (Å²) in [5, 5.41) is 3.34. The molecule has 0 aromatic heterocycles. The number of anilines is 2. The van der Waals surface area contributed by atoms with E-state index in [2.05, 4.69) is 17.2 Å². The van der Waals surface area contributed by atoms with Crippen molar-refractivity contribution >= 4 is 23.0 Å². The van der Waals surface area contributed by atoms with Gasteiger partial charge in [0, 0.05) is 11.3 Å². The minimum atomic E-state index is 0.347. The predicted molar refractivity (Wildman–Crippen MR) is 73.8 cm³/mol.